The normalized spacial score (nSPS) is 14.8. The van der Waals surface area contributed by atoms with Crippen LogP contribution in [0.4, 0.5) is 18.9 Å². The molecule has 1 aromatic carbocycles. The van der Waals surface area contributed by atoms with E-state index in [1.54, 1.807) is 6.20 Å². The molecule has 0 saturated carbocycles. The average Bonchev–Trinajstić information content (AvgIpc) is 3.04. The number of hydrogen-bond donors (Lipinski definition) is 2. The van der Waals surface area contributed by atoms with E-state index in [0.29, 0.717) is 11.6 Å². The number of nitrogens with one attached hydrogen (secondary N) is 2. The van der Waals surface area contributed by atoms with Crippen LogP contribution < -0.4 is 16.0 Å². The minimum atomic E-state index is -4.45. The predicted molar refractivity (Wildman–Crippen MR) is 86.5 cm³/mol. The van der Waals surface area contributed by atoms with Crippen LogP contribution in [0.5, 0.6) is 0 Å². The Kier molecular flexibility index (Phi) is 4.19. The molecule has 1 aliphatic rings. The minimum Gasteiger partial charge on any atom is -0.301 e. The van der Waals surface area contributed by atoms with Crippen molar-refractivity contribution in [3.63, 3.8) is 0 Å². The third-order valence-electron chi connectivity index (χ3n) is 3.82. The van der Waals surface area contributed by atoms with Crippen molar-refractivity contribution in [2.75, 3.05) is 5.01 Å². The van der Waals surface area contributed by atoms with Crippen LogP contribution in [0.25, 0.3) is 5.70 Å². The van der Waals surface area contributed by atoms with Crippen molar-refractivity contribution in [2.24, 2.45) is 0 Å². The van der Waals surface area contributed by atoms with Crippen LogP contribution in [0.3, 0.4) is 0 Å². The number of benzene rings is 1. The zero-order chi connectivity index (χ0) is 17.3. The SMILES string of the molecule is CC(C)c1ccc(C2=CN(c3cnccc3C(F)(F)F)NN2)cc1. The van der Waals surface area contributed by atoms with Crippen LogP contribution in [-0.4, -0.2) is 4.98 Å². The molecule has 2 aromatic rings. The molecule has 0 amide bonds. The smallest absolute Gasteiger partial charge is 0.301 e. The van der Waals surface area contributed by atoms with Gasteiger partial charge in [0.2, 0.25) is 0 Å². The number of alkyl halides is 3. The van der Waals surface area contributed by atoms with Gasteiger partial charge in [0.1, 0.15) is 0 Å². The molecular formula is C17H17F3N4. The molecule has 0 spiro atoms. The van der Waals surface area contributed by atoms with Crippen LogP contribution in [0.2, 0.25) is 0 Å². The molecule has 126 valence electrons. The molecule has 1 aromatic heterocycles. The van der Waals surface area contributed by atoms with Crippen LogP contribution >= 0.6 is 0 Å². The Morgan fingerprint density at radius 2 is 1.79 bits per heavy atom. The first kappa shape index (κ1) is 16.3. The second kappa shape index (κ2) is 6.16. The van der Waals surface area contributed by atoms with Crippen LogP contribution in [0, 0.1) is 0 Å². The van der Waals surface area contributed by atoms with Crippen molar-refractivity contribution in [3.8, 4) is 0 Å². The van der Waals surface area contributed by atoms with E-state index in [-0.39, 0.29) is 5.69 Å². The Morgan fingerprint density at radius 3 is 2.42 bits per heavy atom. The highest BCUT2D eigenvalue weighted by Crippen LogP contribution is 2.36. The quantitative estimate of drug-likeness (QED) is 0.888. The van der Waals surface area contributed by atoms with E-state index in [2.05, 4.69) is 29.8 Å². The summed E-state index contributed by atoms with van der Waals surface area (Å²) in [6.45, 7) is 4.21. The molecule has 0 aliphatic carbocycles. The molecule has 3 rings (SSSR count). The summed E-state index contributed by atoms with van der Waals surface area (Å²) in [5, 5.41) is 1.28. The first-order valence-corrected chi connectivity index (χ1v) is 7.50. The molecular weight excluding hydrogens is 317 g/mol. The lowest BCUT2D eigenvalue weighted by atomic mass is 10.0. The van der Waals surface area contributed by atoms with Gasteiger partial charge in [-0.3, -0.25) is 9.99 Å². The zero-order valence-electron chi connectivity index (χ0n) is 13.2. The predicted octanol–water partition coefficient (Wildman–Crippen LogP) is 4.05. The summed E-state index contributed by atoms with van der Waals surface area (Å²) in [5.74, 6) is 0.420. The molecule has 0 saturated heterocycles. The number of hydrazine groups is 2. The van der Waals surface area contributed by atoms with Crippen molar-refractivity contribution in [3.05, 3.63) is 65.6 Å². The highest BCUT2D eigenvalue weighted by Gasteiger charge is 2.35. The molecule has 24 heavy (non-hydrogen) atoms. The number of rotatable bonds is 3. The molecule has 1 aliphatic heterocycles. The van der Waals surface area contributed by atoms with Gasteiger partial charge in [-0.05, 0) is 17.5 Å². The van der Waals surface area contributed by atoms with Crippen molar-refractivity contribution in [1.29, 1.82) is 0 Å². The molecule has 2 heterocycles. The molecule has 0 radical (unpaired) electrons. The van der Waals surface area contributed by atoms with Gasteiger partial charge in [0, 0.05) is 18.0 Å². The highest BCUT2D eigenvalue weighted by molar-refractivity contribution is 5.70. The van der Waals surface area contributed by atoms with Gasteiger partial charge in [0.25, 0.3) is 0 Å². The molecule has 0 fully saturated rings. The Balaban J connectivity index is 1.89. The lowest BCUT2D eigenvalue weighted by molar-refractivity contribution is -0.137. The number of anilines is 1. The number of aromatic nitrogens is 1. The van der Waals surface area contributed by atoms with Gasteiger partial charge >= 0.3 is 6.18 Å². The Labute approximate surface area is 137 Å². The summed E-state index contributed by atoms with van der Waals surface area (Å²) in [7, 11) is 0. The Hall–Kier alpha value is -2.54. The van der Waals surface area contributed by atoms with E-state index in [9.17, 15) is 13.2 Å². The maximum Gasteiger partial charge on any atom is 0.418 e. The summed E-state index contributed by atoms with van der Waals surface area (Å²) in [6, 6.07) is 8.85. The van der Waals surface area contributed by atoms with Gasteiger partial charge in [-0.1, -0.05) is 38.1 Å². The summed E-state index contributed by atoms with van der Waals surface area (Å²) < 4.78 is 39.4. The standard InChI is InChI=1S/C17H17F3N4/c1-11(2)12-3-5-13(6-4-12)15-10-24(23-22-15)16-9-21-8-7-14(16)17(18,19)20/h3-11,22-23H,1-2H3. The topological polar surface area (TPSA) is 40.2 Å². The molecule has 0 bridgehead atoms. The maximum absolute atomic E-state index is 13.1. The van der Waals surface area contributed by atoms with E-state index in [1.165, 1.54) is 16.8 Å². The lowest BCUT2D eigenvalue weighted by Gasteiger charge is -2.19. The average molecular weight is 334 g/mol. The fourth-order valence-electron chi connectivity index (χ4n) is 2.46. The van der Waals surface area contributed by atoms with Gasteiger partial charge in [0.05, 0.1) is 23.1 Å². The van der Waals surface area contributed by atoms with E-state index >= 15 is 0 Å². The molecule has 0 unspecified atom stereocenters. The number of hydrogen-bond acceptors (Lipinski definition) is 4. The number of halogens is 3. The summed E-state index contributed by atoms with van der Waals surface area (Å²) >= 11 is 0. The molecule has 4 nitrogen and oxygen atoms in total. The Morgan fingerprint density at radius 1 is 1.08 bits per heavy atom. The minimum absolute atomic E-state index is 0.0636. The second-order valence-corrected chi connectivity index (χ2v) is 5.82. The van der Waals surface area contributed by atoms with Gasteiger partial charge < -0.3 is 5.43 Å². The first-order chi connectivity index (χ1) is 11.4. The molecule has 0 atom stereocenters. The second-order valence-electron chi connectivity index (χ2n) is 5.82. The molecule has 7 heteroatoms. The maximum atomic E-state index is 13.1. The third kappa shape index (κ3) is 3.21. The Bertz CT molecular complexity index is 751. The highest BCUT2D eigenvalue weighted by atomic mass is 19.4. The molecule has 2 N–H and O–H groups in total. The van der Waals surface area contributed by atoms with E-state index < -0.39 is 11.7 Å². The largest absolute Gasteiger partial charge is 0.418 e. The van der Waals surface area contributed by atoms with E-state index in [0.717, 1.165) is 17.8 Å². The summed E-state index contributed by atoms with van der Waals surface area (Å²) in [6.07, 6.45) is -0.560. The number of nitrogens with zero attached hydrogens (tertiary/aromatic N) is 2. The van der Waals surface area contributed by atoms with Crippen LogP contribution in [-0.2, 0) is 6.18 Å². The van der Waals surface area contributed by atoms with Crippen molar-refractivity contribution >= 4 is 11.4 Å². The van der Waals surface area contributed by atoms with Crippen LogP contribution in [0.1, 0.15) is 36.5 Å². The van der Waals surface area contributed by atoms with Gasteiger partial charge in [-0.25, -0.2) is 0 Å². The zero-order valence-corrected chi connectivity index (χ0v) is 13.2. The van der Waals surface area contributed by atoms with E-state index in [4.69, 9.17) is 0 Å². The van der Waals surface area contributed by atoms with Crippen LogP contribution in [0.15, 0.2) is 48.9 Å². The first-order valence-electron chi connectivity index (χ1n) is 7.50. The fourth-order valence-corrected chi connectivity index (χ4v) is 2.46. The monoisotopic (exact) mass is 334 g/mol. The van der Waals surface area contributed by atoms with Gasteiger partial charge in [-0.15, -0.1) is 5.53 Å². The third-order valence-corrected chi connectivity index (χ3v) is 3.82. The summed E-state index contributed by atoms with van der Waals surface area (Å²) in [5.41, 5.74) is 7.57. The van der Waals surface area contributed by atoms with Gasteiger partial charge in [0.15, 0.2) is 0 Å². The van der Waals surface area contributed by atoms with Crippen molar-refractivity contribution < 1.29 is 13.2 Å². The van der Waals surface area contributed by atoms with E-state index in [1.807, 2.05) is 24.3 Å². The summed E-state index contributed by atoms with van der Waals surface area (Å²) in [4.78, 5) is 3.79. The fraction of sp³-hybridized carbons (Fsp3) is 0.235. The lowest BCUT2D eigenvalue weighted by Crippen LogP contribution is -2.37. The van der Waals surface area contributed by atoms with Crippen molar-refractivity contribution in [1.82, 2.24) is 15.9 Å². The van der Waals surface area contributed by atoms with Gasteiger partial charge in [-0.2, -0.15) is 13.2 Å². The van der Waals surface area contributed by atoms with Crippen molar-refractivity contribution in [2.45, 2.75) is 25.9 Å². The number of pyridine rings is 1.